The van der Waals surface area contributed by atoms with Crippen LogP contribution >= 0.6 is 0 Å². The molecule has 1 aromatic carbocycles. The molecule has 0 saturated heterocycles. The second kappa shape index (κ2) is 5.80. The lowest BCUT2D eigenvalue weighted by Gasteiger charge is -2.02. The fourth-order valence-corrected chi connectivity index (χ4v) is 1.11. The molecule has 0 heterocycles. The Kier molecular flexibility index (Phi) is 4.27. The van der Waals surface area contributed by atoms with Gasteiger partial charge in [-0.3, -0.25) is 4.79 Å². The second-order valence-electron chi connectivity index (χ2n) is 2.77. The highest BCUT2D eigenvalue weighted by molar-refractivity contribution is 5.45. The van der Waals surface area contributed by atoms with Crippen molar-refractivity contribution in [2.24, 2.45) is 0 Å². The molecule has 0 aromatic heterocycles. The number of hydrogen-bond acceptors (Lipinski definition) is 3. The number of carbonyl (C=O) groups excluding carboxylic acids is 1. The molecule has 0 atom stereocenters. The van der Waals surface area contributed by atoms with Gasteiger partial charge in [-0.1, -0.05) is 18.7 Å². The normalized spacial score (nSPS) is 9.14. The summed E-state index contributed by atoms with van der Waals surface area (Å²) in [7, 11) is 0. The Balaban J connectivity index is 2.46. The van der Waals surface area contributed by atoms with E-state index in [1.165, 1.54) is 5.56 Å². The lowest BCUT2D eigenvalue weighted by Crippen LogP contribution is -2.08. The Morgan fingerprint density at radius 1 is 1.36 bits per heavy atom. The van der Waals surface area contributed by atoms with Crippen LogP contribution in [-0.4, -0.2) is 13.0 Å². The Hall–Kier alpha value is -1.77. The van der Waals surface area contributed by atoms with Gasteiger partial charge in [0.25, 0.3) is 6.47 Å². The Labute approximate surface area is 83.4 Å². The molecule has 1 rings (SSSR count). The van der Waals surface area contributed by atoms with Crippen LogP contribution in [0.2, 0.25) is 0 Å². The van der Waals surface area contributed by atoms with Crippen LogP contribution in [-0.2, 0) is 11.2 Å². The predicted octanol–water partition coefficient (Wildman–Crippen LogP) is 1.50. The van der Waals surface area contributed by atoms with E-state index in [4.69, 9.17) is 0 Å². The van der Waals surface area contributed by atoms with Crippen molar-refractivity contribution in [3.05, 3.63) is 42.6 Å². The molecule has 74 valence electrons. The average Bonchev–Trinajstić information content (AvgIpc) is 2.21. The SMILES string of the molecule is C=CNCCc1ccc(OC=O)cc1. The third-order valence-corrected chi connectivity index (χ3v) is 1.81. The molecular formula is C11H13NO2. The van der Waals surface area contributed by atoms with Gasteiger partial charge in [0.1, 0.15) is 5.75 Å². The number of benzene rings is 1. The highest BCUT2D eigenvalue weighted by Gasteiger charge is 1.94. The van der Waals surface area contributed by atoms with Crippen molar-refractivity contribution in [2.45, 2.75) is 6.42 Å². The van der Waals surface area contributed by atoms with Gasteiger partial charge in [0.05, 0.1) is 0 Å². The maximum atomic E-state index is 10.0. The highest BCUT2D eigenvalue weighted by atomic mass is 16.5. The van der Waals surface area contributed by atoms with Gasteiger partial charge in [-0.15, -0.1) is 0 Å². The summed E-state index contributed by atoms with van der Waals surface area (Å²) < 4.78 is 4.67. The fraction of sp³-hybridized carbons (Fsp3) is 0.182. The van der Waals surface area contributed by atoms with E-state index >= 15 is 0 Å². The van der Waals surface area contributed by atoms with Crippen molar-refractivity contribution in [3.63, 3.8) is 0 Å². The highest BCUT2D eigenvalue weighted by Crippen LogP contribution is 2.11. The topological polar surface area (TPSA) is 38.3 Å². The Morgan fingerprint density at radius 2 is 2.07 bits per heavy atom. The molecule has 0 aliphatic heterocycles. The summed E-state index contributed by atoms with van der Waals surface area (Å²) in [6.45, 7) is 4.84. The number of nitrogens with one attached hydrogen (secondary N) is 1. The zero-order valence-electron chi connectivity index (χ0n) is 7.90. The summed E-state index contributed by atoms with van der Waals surface area (Å²) in [5, 5.41) is 3.01. The van der Waals surface area contributed by atoms with Gasteiger partial charge in [0.15, 0.2) is 0 Å². The van der Waals surface area contributed by atoms with E-state index < -0.39 is 0 Å². The summed E-state index contributed by atoms with van der Waals surface area (Å²) >= 11 is 0. The van der Waals surface area contributed by atoms with Crippen LogP contribution in [0, 0.1) is 0 Å². The minimum atomic E-state index is 0.425. The second-order valence-corrected chi connectivity index (χ2v) is 2.77. The molecule has 0 amide bonds. The number of ether oxygens (including phenoxy) is 1. The van der Waals surface area contributed by atoms with Crippen LogP contribution in [0.3, 0.4) is 0 Å². The minimum Gasteiger partial charge on any atom is -0.429 e. The summed E-state index contributed by atoms with van der Waals surface area (Å²) in [5.74, 6) is 0.570. The van der Waals surface area contributed by atoms with Gasteiger partial charge in [0.2, 0.25) is 0 Å². The molecule has 1 N–H and O–H groups in total. The molecule has 1 aromatic rings. The number of rotatable bonds is 6. The summed E-state index contributed by atoms with van der Waals surface area (Å²) in [6.07, 6.45) is 2.59. The lowest BCUT2D eigenvalue weighted by atomic mass is 10.1. The van der Waals surface area contributed by atoms with Gasteiger partial charge < -0.3 is 10.1 Å². The van der Waals surface area contributed by atoms with E-state index in [1.807, 2.05) is 12.1 Å². The third-order valence-electron chi connectivity index (χ3n) is 1.81. The van der Waals surface area contributed by atoms with E-state index in [0.717, 1.165) is 13.0 Å². The van der Waals surface area contributed by atoms with Crippen molar-refractivity contribution < 1.29 is 9.53 Å². The molecule has 3 nitrogen and oxygen atoms in total. The Morgan fingerprint density at radius 3 is 2.64 bits per heavy atom. The van der Waals surface area contributed by atoms with Crippen LogP contribution in [0.5, 0.6) is 5.75 Å². The van der Waals surface area contributed by atoms with Gasteiger partial charge in [-0.05, 0) is 30.3 Å². The van der Waals surface area contributed by atoms with E-state index in [-0.39, 0.29) is 0 Å². The molecule has 0 saturated carbocycles. The maximum absolute atomic E-state index is 10.0. The van der Waals surface area contributed by atoms with Crippen LogP contribution in [0.25, 0.3) is 0 Å². The van der Waals surface area contributed by atoms with Crippen molar-refractivity contribution in [1.82, 2.24) is 5.32 Å². The van der Waals surface area contributed by atoms with Gasteiger partial charge in [-0.25, -0.2) is 0 Å². The molecule has 0 spiro atoms. The van der Waals surface area contributed by atoms with E-state index in [2.05, 4.69) is 16.6 Å². The zero-order chi connectivity index (χ0) is 10.2. The summed E-state index contributed by atoms with van der Waals surface area (Å²) in [5.41, 5.74) is 1.19. The molecule has 0 aliphatic carbocycles. The first-order valence-corrected chi connectivity index (χ1v) is 4.40. The Bertz CT molecular complexity index is 293. The minimum absolute atomic E-state index is 0.425. The van der Waals surface area contributed by atoms with Crippen LogP contribution in [0.15, 0.2) is 37.0 Å². The molecule has 0 radical (unpaired) electrons. The van der Waals surface area contributed by atoms with E-state index in [0.29, 0.717) is 12.2 Å². The maximum Gasteiger partial charge on any atom is 0.298 e. The first-order valence-electron chi connectivity index (χ1n) is 4.40. The predicted molar refractivity (Wildman–Crippen MR) is 55.0 cm³/mol. The largest absolute Gasteiger partial charge is 0.429 e. The van der Waals surface area contributed by atoms with E-state index in [1.54, 1.807) is 18.3 Å². The summed E-state index contributed by atoms with van der Waals surface area (Å²) in [4.78, 5) is 10.0. The van der Waals surface area contributed by atoms with Gasteiger partial charge >= 0.3 is 0 Å². The lowest BCUT2D eigenvalue weighted by molar-refractivity contribution is -0.120. The molecular weight excluding hydrogens is 178 g/mol. The molecule has 0 aliphatic rings. The first kappa shape index (κ1) is 10.3. The average molecular weight is 191 g/mol. The monoisotopic (exact) mass is 191 g/mol. The molecule has 0 unspecified atom stereocenters. The quantitative estimate of drug-likeness (QED) is 0.547. The number of carbonyl (C=O) groups is 1. The third kappa shape index (κ3) is 3.31. The fourth-order valence-electron chi connectivity index (χ4n) is 1.11. The molecule has 0 fully saturated rings. The molecule has 3 heteroatoms. The first-order chi connectivity index (χ1) is 6.86. The summed E-state index contributed by atoms with van der Waals surface area (Å²) in [6, 6.07) is 7.42. The van der Waals surface area contributed by atoms with Crippen LogP contribution in [0.4, 0.5) is 0 Å². The van der Waals surface area contributed by atoms with Crippen LogP contribution in [0.1, 0.15) is 5.56 Å². The van der Waals surface area contributed by atoms with Crippen molar-refractivity contribution >= 4 is 6.47 Å². The smallest absolute Gasteiger partial charge is 0.298 e. The molecule has 14 heavy (non-hydrogen) atoms. The van der Waals surface area contributed by atoms with E-state index in [9.17, 15) is 4.79 Å². The van der Waals surface area contributed by atoms with Gasteiger partial charge in [0, 0.05) is 6.54 Å². The number of hydrogen-bond donors (Lipinski definition) is 1. The van der Waals surface area contributed by atoms with Crippen LogP contribution < -0.4 is 10.1 Å². The standard InChI is InChI=1S/C11H13NO2/c1-2-12-8-7-10-3-5-11(6-4-10)14-9-13/h2-6,9,12H,1,7-8H2. The van der Waals surface area contributed by atoms with Gasteiger partial charge in [-0.2, -0.15) is 0 Å². The van der Waals surface area contributed by atoms with Crippen molar-refractivity contribution in [2.75, 3.05) is 6.54 Å². The van der Waals surface area contributed by atoms with Crippen molar-refractivity contribution in [3.8, 4) is 5.75 Å². The zero-order valence-corrected chi connectivity index (χ0v) is 7.90. The molecule has 0 bridgehead atoms. The van der Waals surface area contributed by atoms with Crippen molar-refractivity contribution in [1.29, 1.82) is 0 Å².